The van der Waals surface area contributed by atoms with Crippen molar-refractivity contribution >= 4 is 0 Å². The van der Waals surface area contributed by atoms with Gasteiger partial charge in [-0.1, -0.05) is 49.3 Å². The second-order valence-corrected chi connectivity index (χ2v) is 10.4. The Balaban J connectivity index is 1.54. The lowest BCUT2D eigenvalue weighted by Gasteiger charge is -2.51. The molecule has 1 heteroatoms. The van der Waals surface area contributed by atoms with Gasteiger partial charge in [0.05, 0.1) is 0 Å². The minimum absolute atomic E-state index is 0.303. The molecule has 0 aliphatic heterocycles. The van der Waals surface area contributed by atoms with E-state index in [1.807, 2.05) is 0 Å². The molecule has 10 atom stereocenters. The molecule has 0 heterocycles. The Kier molecular flexibility index (Phi) is 3.63. The van der Waals surface area contributed by atoms with E-state index in [0.717, 1.165) is 47.3 Å². The molecule has 0 aromatic carbocycles. The highest BCUT2D eigenvalue weighted by atomic mass is 14.8. The summed E-state index contributed by atoms with van der Waals surface area (Å²) >= 11 is 0. The molecule has 6 aliphatic carbocycles. The Labute approximate surface area is 159 Å². The van der Waals surface area contributed by atoms with E-state index in [0.29, 0.717) is 11.5 Å². The quantitative estimate of drug-likeness (QED) is 0.575. The minimum Gasteiger partial charge on any atom is -0.324 e. The predicted molar refractivity (Wildman–Crippen MR) is 107 cm³/mol. The lowest BCUT2D eigenvalue weighted by atomic mass is 9.53. The van der Waals surface area contributed by atoms with Crippen LogP contribution < -0.4 is 5.73 Å². The Bertz CT molecular complexity index is 659. The summed E-state index contributed by atoms with van der Waals surface area (Å²) in [5, 5.41) is 0. The van der Waals surface area contributed by atoms with Crippen LogP contribution in [-0.2, 0) is 0 Å². The summed E-state index contributed by atoms with van der Waals surface area (Å²) in [6, 6.07) is 0.303. The van der Waals surface area contributed by atoms with Gasteiger partial charge >= 0.3 is 0 Å². The van der Waals surface area contributed by atoms with Gasteiger partial charge in [-0.3, -0.25) is 0 Å². The van der Waals surface area contributed by atoms with Gasteiger partial charge in [-0.25, -0.2) is 0 Å². The van der Waals surface area contributed by atoms with Crippen molar-refractivity contribution in [1.29, 1.82) is 0 Å². The maximum absolute atomic E-state index is 6.55. The number of hydrogen-bond donors (Lipinski definition) is 1. The average molecular weight is 350 g/mol. The molecule has 0 radical (unpaired) electrons. The zero-order valence-electron chi connectivity index (χ0n) is 16.1. The molecule has 10 unspecified atom stereocenters. The van der Waals surface area contributed by atoms with Crippen LogP contribution in [-0.4, -0.2) is 6.04 Å². The average Bonchev–Trinajstić information content (AvgIpc) is 3.15. The highest BCUT2D eigenvalue weighted by molar-refractivity contribution is 5.28. The van der Waals surface area contributed by atoms with E-state index in [4.69, 9.17) is 5.73 Å². The molecule has 0 aromatic heterocycles. The third-order valence-electron chi connectivity index (χ3n) is 9.83. The molecule has 0 bridgehead atoms. The van der Waals surface area contributed by atoms with Crippen LogP contribution in [0.25, 0.3) is 0 Å². The summed E-state index contributed by atoms with van der Waals surface area (Å²) in [5.74, 6) is 7.19. The molecule has 0 amide bonds. The van der Waals surface area contributed by atoms with Crippen molar-refractivity contribution in [3.05, 3.63) is 36.5 Å². The van der Waals surface area contributed by atoms with Crippen molar-refractivity contribution < 1.29 is 0 Å². The van der Waals surface area contributed by atoms with E-state index in [-0.39, 0.29) is 0 Å². The topological polar surface area (TPSA) is 26.0 Å². The third-order valence-corrected chi connectivity index (χ3v) is 9.83. The van der Waals surface area contributed by atoms with Gasteiger partial charge < -0.3 is 5.73 Å². The molecule has 6 rings (SSSR count). The summed E-state index contributed by atoms with van der Waals surface area (Å²) in [6.45, 7) is 0. The van der Waals surface area contributed by atoms with E-state index < -0.39 is 0 Å². The lowest BCUT2D eigenvalue weighted by Crippen LogP contribution is -2.47. The first-order valence-corrected chi connectivity index (χ1v) is 11.6. The van der Waals surface area contributed by atoms with Gasteiger partial charge in [0.1, 0.15) is 0 Å². The maximum Gasteiger partial charge on any atom is 0.0226 e. The first-order valence-electron chi connectivity index (χ1n) is 11.6. The van der Waals surface area contributed by atoms with E-state index in [1.54, 1.807) is 0 Å². The highest BCUT2D eigenvalue weighted by Crippen LogP contribution is 2.75. The molecular weight excluding hydrogens is 314 g/mol. The summed E-state index contributed by atoms with van der Waals surface area (Å²) in [6.07, 6.45) is 28.1. The van der Waals surface area contributed by atoms with Crippen molar-refractivity contribution in [2.45, 2.75) is 63.8 Å². The molecule has 3 saturated carbocycles. The smallest absolute Gasteiger partial charge is 0.0226 e. The van der Waals surface area contributed by atoms with Gasteiger partial charge in [-0.15, -0.1) is 0 Å². The normalized spacial score (nSPS) is 56.9. The molecule has 6 aliphatic rings. The second kappa shape index (κ2) is 5.84. The fraction of sp³-hybridized carbons (Fsp3) is 0.760. The maximum atomic E-state index is 6.55. The van der Waals surface area contributed by atoms with E-state index in [1.165, 1.54) is 57.8 Å². The van der Waals surface area contributed by atoms with Gasteiger partial charge in [0.15, 0.2) is 0 Å². The fourth-order valence-electron chi connectivity index (χ4n) is 9.47. The molecule has 1 nitrogen and oxygen atoms in total. The molecule has 0 saturated heterocycles. The Morgan fingerprint density at radius 3 is 2.19 bits per heavy atom. The first kappa shape index (κ1) is 16.2. The zero-order chi connectivity index (χ0) is 17.3. The number of hydrogen-bond acceptors (Lipinski definition) is 1. The van der Waals surface area contributed by atoms with Crippen LogP contribution in [0.3, 0.4) is 0 Å². The van der Waals surface area contributed by atoms with E-state index >= 15 is 0 Å². The largest absolute Gasteiger partial charge is 0.324 e. The Morgan fingerprint density at radius 2 is 1.35 bits per heavy atom. The summed E-state index contributed by atoms with van der Waals surface area (Å²) in [5.41, 5.74) is 7.15. The summed E-state index contributed by atoms with van der Waals surface area (Å²) in [4.78, 5) is 0. The van der Waals surface area contributed by atoms with Crippen LogP contribution in [0.1, 0.15) is 57.8 Å². The third kappa shape index (κ3) is 1.91. The SMILES string of the molecule is NC1C=CC2C3C=CCCC3C3(C2C1)C1CCC=CC1C1CCCCC13. The monoisotopic (exact) mass is 349 g/mol. The zero-order valence-corrected chi connectivity index (χ0v) is 16.1. The van der Waals surface area contributed by atoms with Crippen molar-refractivity contribution in [3.8, 4) is 0 Å². The van der Waals surface area contributed by atoms with Gasteiger partial charge in [0, 0.05) is 6.04 Å². The fourth-order valence-corrected chi connectivity index (χ4v) is 9.47. The van der Waals surface area contributed by atoms with Gasteiger partial charge in [-0.2, -0.15) is 0 Å². The molecule has 3 fully saturated rings. The lowest BCUT2D eigenvalue weighted by molar-refractivity contribution is -0.0202. The number of fused-ring (bicyclic) bond motifs is 10. The molecule has 0 aromatic rings. The molecule has 26 heavy (non-hydrogen) atoms. The molecule has 2 N–H and O–H groups in total. The summed E-state index contributed by atoms with van der Waals surface area (Å²) < 4.78 is 0. The van der Waals surface area contributed by atoms with Gasteiger partial charge in [0.25, 0.3) is 0 Å². The van der Waals surface area contributed by atoms with Crippen molar-refractivity contribution in [2.75, 3.05) is 0 Å². The van der Waals surface area contributed by atoms with E-state index in [9.17, 15) is 0 Å². The van der Waals surface area contributed by atoms with Crippen LogP contribution in [0, 0.1) is 52.8 Å². The van der Waals surface area contributed by atoms with Crippen molar-refractivity contribution in [2.24, 2.45) is 58.5 Å². The number of allylic oxidation sites excluding steroid dienone is 5. The first-order chi connectivity index (χ1) is 12.8. The number of nitrogens with two attached hydrogens (primary N) is 1. The van der Waals surface area contributed by atoms with Crippen molar-refractivity contribution in [3.63, 3.8) is 0 Å². The van der Waals surface area contributed by atoms with Crippen LogP contribution in [0.15, 0.2) is 36.5 Å². The van der Waals surface area contributed by atoms with Gasteiger partial charge in [-0.05, 0) is 97.7 Å². The van der Waals surface area contributed by atoms with Crippen molar-refractivity contribution in [1.82, 2.24) is 0 Å². The minimum atomic E-state index is 0.303. The van der Waals surface area contributed by atoms with Crippen LogP contribution in [0.5, 0.6) is 0 Å². The number of rotatable bonds is 0. The highest BCUT2D eigenvalue weighted by Gasteiger charge is 2.70. The van der Waals surface area contributed by atoms with Crippen LogP contribution >= 0.6 is 0 Å². The van der Waals surface area contributed by atoms with Crippen LogP contribution in [0.2, 0.25) is 0 Å². The Hall–Kier alpha value is -0.820. The standard InChI is InChI=1S/C25H35N/c26-16-13-14-20-19-9-3-6-12-23(19)25(24(20)15-16)21-10-4-1-7-17(21)18-8-2-5-11-22(18)25/h1,3,7,9,13-14,16-24H,2,4-6,8,10-12,15,26H2. The second-order valence-electron chi connectivity index (χ2n) is 10.4. The molecule has 140 valence electrons. The molecular formula is C25H35N. The van der Waals surface area contributed by atoms with E-state index in [2.05, 4.69) is 36.5 Å². The Morgan fingerprint density at radius 1 is 0.654 bits per heavy atom. The predicted octanol–water partition coefficient (Wildman–Crippen LogP) is 5.49. The summed E-state index contributed by atoms with van der Waals surface area (Å²) in [7, 11) is 0. The molecule has 1 spiro atoms. The van der Waals surface area contributed by atoms with Crippen LogP contribution in [0.4, 0.5) is 0 Å². The van der Waals surface area contributed by atoms with Gasteiger partial charge in [0.2, 0.25) is 0 Å².